The molecule has 28 heavy (non-hydrogen) atoms. The number of ether oxygens (including phenoxy) is 1. The lowest BCUT2D eigenvalue weighted by atomic mass is 9.71. The Morgan fingerprint density at radius 2 is 1.75 bits per heavy atom. The van der Waals surface area contributed by atoms with Crippen molar-refractivity contribution >= 4 is 20.6 Å². The molecule has 0 amide bonds. The molecule has 1 fully saturated rings. The predicted octanol–water partition coefficient (Wildman–Crippen LogP) is 0.135. The number of aliphatic hydroxyl groups is 1. The molecule has 10 heteroatoms. The summed E-state index contributed by atoms with van der Waals surface area (Å²) in [5.74, 6) is -3.47. The number of hydrogen-bond acceptors (Lipinski definition) is 8. The van der Waals surface area contributed by atoms with E-state index >= 15 is 0 Å². The summed E-state index contributed by atoms with van der Waals surface area (Å²) < 4.78 is 4.97. The van der Waals surface area contributed by atoms with Gasteiger partial charge in [-0.3, -0.25) is 9.59 Å². The van der Waals surface area contributed by atoms with Crippen molar-refractivity contribution in [1.82, 2.24) is 0 Å². The average molecular weight is 416 g/mol. The molecule has 1 aliphatic rings. The van der Waals surface area contributed by atoms with Gasteiger partial charge in [0.1, 0.15) is 11.4 Å². The smallest absolute Gasteiger partial charge is 0.497 e. The van der Waals surface area contributed by atoms with Crippen molar-refractivity contribution < 1.29 is 38.9 Å². The number of nitrogens with two attached hydrogens (primary N) is 1. The minimum atomic E-state index is -4.95. The third kappa shape index (κ3) is 5.37. The second-order valence-corrected chi connectivity index (χ2v) is 8.80. The standard InChI is InChI=1S/C15H20O8Si.C3H9N/c1-23-10-7-5-9(6-8-10)13(16)15(19)11(14(17)18)3-2-4-12(15)24(20,21)22;1-2-3-4/h5-8,11-12,19-22H,2-4H2,1H3,(H,17,18);2-4H2,1H3. The highest BCUT2D eigenvalue weighted by Crippen LogP contribution is 2.47. The summed E-state index contributed by atoms with van der Waals surface area (Å²) in [6.45, 7) is 2.88. The Balaban J connectivity index is 0.000000892. The molecule has 0 heterocycles. The summed E-state index contributed by atoms with van der Waals surface area (Å²) in [5.41, 5.74) is 0.813. The Kier molecular flexibility index (Phi) is 8.73. The molecule has 0 spiro atoms. The fourth-order valence-corrected chi connectivity index (χ4v) is 4.81. The highest BCUT2D eigenvalue weighted by molar-refractivity contribution is 6.59. The molecule has 0 aromatic heterocycles. The molecular weight excluding hydrogens is 386 g/mol. The van der Waals surface area contributed by atoms with Gasteiger partial charge >= 0.3 is 14.8 Å². The minimum absolute atomic E-state index is 0.00491. The van der Waals surface area contributed by atoms with Gasteiger partial charge in [0.25, 0.3) is 0 Å². The zero-order valence-electron chi connectivity index (χ0n) is 16.0. The number of ketones is 1. The summed E-state index contributed by atoms with van der Waals surface area (Å²) in [6.07, 6.45) is 1.28. The van der Waals surface area contributed by atoms with Crippen molar-refractivity contribution in [1.29, 1.82) is 0 Å². The number of benzene rings is 1. The monoisotopic (exact) mass is 415 g/mol. The van der Waals surface area contributed by atoms with Crippen molar-refractivity contribution in [3.63, 3.8) is 0 Å². The summed E-state index contributed by atoms with van der Waals surface area (Å²) in [4.78, 5) is 53.4. The van der Waals surface area contributed by atoms with E-state index in [0.717, 1.165) is 13.0 Å². The first kappa shape index (κ1) is 24.2. The highest BCUT2D eigenvalue weighted by Gasteiger charge is 2.63. The summed E-state index contributed by atoms with van der Waals surface area (Å²) >= 11 is 0. The molecule has 158 valence electrons. The van der Waals surface area contributed by atoms with Crippen LogP contribution < -0.4 is 10.5 Å². The largest absolute Gasteiger partial charge is 0.499 e. The van der Waals surface area contributed by atoms with Gasteiger partial charge in [-0.2, -0.15) is 0 Å². The van der Waals surface area contributed by atoms with E-state index in [1.807, 2.05) is 0 Å². The van der Waals surface area contributed by atoms with Gasteiger partial charge in [-0.25, -0.2) is 0 Å². The van der Waals surface area contributed by atoms with Crippen molar-refractivity contribution in [3.8, 4) is 5.75 Å². The third-order valence-corrected chi connectivity index (χ3v) is 6.48. The first-order chi connectivity index (χ1) is 13.0. The fourth-order valence-electron chi connectivity index (χ4n) is 3.30. The molecule has 3 unspecified atom stereocenters. The molecule has 9 nitrogen and oxygen atoms in total. The maximum Gasteiger partial charge on any atom is 0.499 e. The van der Waals surface area contributed by atoms with Crippen LogP contribution in [-0.4, -0.2) is 64.4 Å². The highest BCUT2D eigenvalue weighted by atomic mass is 28.4. The van der Waals surface area contributed by atoms with E-state index in [-0.39, 0.29) is 24.8 Å². The van der Waals surface area contributed by atoms with Crippen LogP contribution in [0.25, 0.3) is 0 Å². The fraction of sp³-hybridized carbons (Fsp3) is 0.556. The first-order valence-electron chi connectivity index (χ1n) is 9.05. The second-order valence-electron chi connectivity index (χ2n) is 6.73. The van der Waals surface area contributed by atoms with Crippen LogP contribution in [0.1, 0.15) is 43.0 Å². The molecule has 0 aliphatic heterocycles. The molecule has 1 aromatic rings. The van der Waals surface area contributed by atoms with Crippen molar-refractivity contribution in [2.24, 2.45) is 11.7 Å². The Hall–Kier alpha value is -1.82. The lowest BCUT2D eigenvalue weighted by molar-refractivity contribution is -0.152. The third-order valence-electron chi connectivity index (χ3n) is 4.82. The quantitative estimate of drug-likeness (QED) is 0.279. The van der Waals surface area contributed by atoms with Gasteiger partial charge in [-0.1, -0.05) is 13.3 Å². The molecule has 3 atom stereocenters. The van der Waals surface area contributed by atoms with Crippen LogP contribution in [0.15, 0.2) is 24.3 Å². The Morgan fingerprint density at radius 1 is 1.21 bits per heavy atom. The number of carbonyl (C=O) groups is 2. The average Bonchev–Trinajstić information content (AvgIpc) is 2.66. The van der Waals surface area contributed by atoms with E-state index < -0.39 is 37.6 Å². The van der Waals surface area contributed by atoms with E-state index in [2.05, 4.69) is 6.92 Å². The maximum atomic E-state index is 12.8. The van der Waals surface area contributed by atoms with Crippen LogP contribution in [0.5, 0.6) is 5.75 Å². The van der Waals surface area contributed by atoms with Gasteiger partial charge in [0.2, 0.25) is 0 Å². The van der Waals surface area contributed by atoms with E-state index in [4.69, 9.17) is 10.5 Å². The van der Waals surface area contributed by atoms with Crippen LogP contribution >= 0.6 is 0 Å². The molecule has 2 rings (SSSR count). The van der Waals surface area contributed by atoms with E-state index in [0.29, 0.717) is 5.75 Å². The molecule has 0 bridgehead atoms. The molecule has 1 aromatic carbocycles. The van der Waals surface area contributed by atoms with Crippen LogP contribution in [0.3, 0.4) is 0 Å². The lowest BCUT2D eigenvalue weighted by Gasteiger charge is -2.44. The van der Waals surface area contributed by atoms with Gasteiger partial charge < -0.3 is 35.1 Å². The van der Waals surface area contributed by atoms with Gasteiger partial charge in [0, 0.05) is 5.56 Å². The summed E-state index contributed by atoms with van der Waals surface area (Å²) in [6, 6.07) is 5.62. The van der Waals surface area contributed by atoms with E-state index in [1.165, 1.54) is 31.4 Å². The zero-order chi connectivity index (χ0) is 21.5. The zero-order valence-corrected chi connectivity index (χ0v) is 17.0. The van der Waals surface area contributed by atoms with Crippen LogP contribution in [0, 0.1) is 5.92 Å². The SMILES string of the molecule is CCCN.COc1ccc(C(=O)C2(O)C(C(=O)O)CCCC2[Si](O)(O)O)cc1. The maximum absolute atomic E-state index is 12.8. The van der Waals surface area contributed by atoms with Crippen molar-refractivity contribution in [2.75, 3.05) is 13.7 Å². The number of hydrogen-bond donors (Lipinski definition) is 6. The van der Waals surface area contributed by atoms with Crippen molar-refractivity contribution in [2.45, 2.75) is 43.7 Å². The van der Waals surface area contributed by atoms with Gasteiger partial charge in [-0.15, -0.1) is 0 Å². The molecular formula is C18H29NO8Si. The Labute approximate surface area is 164 Å². The Bertz CT molecular complexity index is 659. The number of Topliss-reactive ketones (excluding diaryl/α,β-unsaturated/α-hetero) is 1. The van der Waals surface area contributed by atoms with Crippen LogP contribution in [0.2, 0.25) is 5.54 Å². The molecule has 0 saturated heterocycles. The number of carboxylic acids is 1. The second kappa shape index (κ2) is 10.1. The molecule has 7 N–H and O–H groups in total. The lowest BCUT2D eigenvalue weighted by Crippen LogP contribution is -2.62. The molecule has 1 saturated carbocycles. The van der Waals surface area contributed by atoms with E-state index in [9.17, 15) is 34.2 Å². The number of methoxy groups -OCH3 is 1. The number of aliphatic carboxylic acids is 1. The number of carboxylic acid groups (broad SMARTS) is 1. The minimum Gasteiger partial charge on any atom is -0.497 e. The Morgan fingerprint density at radius 3 is 2.14 bits per heavy atom. The van der Waals surface area contributed by atoms with Crippen LogP contribution in [0.4, 0.5) is 0 Å². The first-order valence-corrected chi connectivity index (χ1v) is 11.0. The van der Waals surface area contributed by atoms with E-state index in [1.54, 1.807) is 0 Å². The predicted molar refractivity (Wildman–Crippen MR) is 103 cm³/mol. The van der Waals surface area contributed by atoms with Gasteiger partial charge in [0.05, 0.1) is 18.6 Å². The molecule has 0 radical (unpaired) electrons. The summed E-state index contributed by atoms with van der Waals surface area (Å²) in [7, 11) is -3.52. The summed E-state index contributed by atoms with van der Waals surface area (Å²) in [5, 5.41) is 20.3. The normalized spacial score (nSPS) is 24.7. The number of rotatable bonds is 6. The van der Waals surface area contributed by atoms with Crippen LogP contribution in [-0.2, 0) is 4.79 Å². The number of carbonyl (C=O) groups excluding carboxylic acids is 1. The van der Waals surface area contributed by atoms with Crippen molar-refractivity contribution in [3.05, 3.63) is 29.8 Å². The molecule has 1 aliphatic carbocycles. The topological polar surface area (TPSA) is 171 Å². The van der Waals surface area contributed by atoms with Gasteiger partial charge in [0.15, 0.2) is 5.78 Å². The van der Waals surface area contributed by atoms with Gasteiger partial charge in [-0.05, 0) is 50.1 Å².